The molecule has 2 aliphatic rings. The molecule has 2 aromatic rings. The van der Waals surface area contributed by atoms with Crippen molar-refractivity contribution in [2.24, 2.45) is 5.41 Å². The van der Waals surface area contributed by atoms with Crippen LogP contribution in [0.4, 0.5) is 11.8 Å². The van der Waals surface area contributed by atoms with E-state index in [2.05, 4.69) is 15.3 Å². The van der Waals surface area contributed by atoms with Crippen LogP contribution in [0.25, 0.3) is 10.9 Å². The van der Waals surface area contributed by atoms with E-state index in [0.717, 1.165) is 0 Å². The van der Waals surface area contributed by atoms with E-state index in [1.165, 1.54) is 0 Å². The first kappa shape index (κ1) is 16.4. The standard InChI is InChI=1S/C17H19N5O4/c1-25-11-5-9-10(6-12(11)26-2)19-16(21-14(9)18)22-4-3-17(8-22)7-13(23)20-15(17)24/h5-6H,3-4,7-8H2,1-2H3,(H2,18,19,21)(H,20,23,24)/t17-/m1/s1. The number of anilines is 2. The van der Waals surface area contributed by atoms with Crippen LogP contribution in [0.5, 0.6) is 11.5 Å². The SMILES string of the molecule is COc1cc2nc(N3CC[C@@]4(CC(=O)NC4=O)C3)nc(N)c2cc1OC. The number of nitrogen functional groups attached to an aromatic ring is 1. The van der Waals surface area contributed by atoms with Crippen molar-refractivity contribution in [3.63, 3.8) is 0 Å². The van der Waals surface area contributed by atoms with E-state index in [4.69, 9.17) is 15.2 Å². The molecule has 1 atom stereocenters. The van der Waals surface area contributed by atoms with Crippen LogP contribution >= 0.6 is 0 Å². The van der Waals surface area contributed by atoms with Crippen molar-refractivity contribution in [2.45, 2.75) is 12.8 Å². The topological polar surface area (TPSA) is 120 Å². The number of ether oxygens (including phenoxy) is 2. The number of imide groups is 1. The van der Waals surface area contributed by atoms with Gasteiger partial charge in [-0.25, -0.2) is 4.98 Å². The van der Waals surface area contributed by atoms with Crippen LogP contribution < -0.4 is 25.4 Å². The summed E-state index contributed by atoms with van der Waals surface area (Å²) in [5, 5.41) is 3.05. The number of hydrogen-bond donors (Lipinski definition) is 2. The lowest BCUT2D eigenvalue weighted by atomic mass is 9.85. The second-order valence-corrected chi connectivity index (χ2v) is 6.64. The number of carbonyl (C=O) groups excluding carboxylic acids is 2. The zero-order valence-electron chi connectivity index (χ0n) is 14.5. The highest BCUT2D eigenvalue weighted by atomic mass is 16.5. The molecule has 2 amide bonds. The van der Waals surface area contributed by atoms with Gasteiger partial charge in [-0.3, -0.25) is 14.9 Å². The molecule has 9 heteroatoms. The molecule has 1 spiro atoms. The summed E-state index contributed by atoms with van der Waals surface area (Å²) in [7, 11) is 3.10. The van der Waals surface area contributed by atoms with Gasteiger partial charge in [0.05, 0.1) is 25.2 Å². The third-order valence-electron chi connectivity index (χ3n) is 5.09. The molecule has 4 rings (SSSR count). The molecule has 2 aliphatic heterocycles. The van der Waals surface area contributed by atoms with Gasteiger partial charge < -0.3 is 20.1 Å². The Labute approximate surface area is 149 Å². The summed E-state index contributed by atoms with van der Waals surface area (Å²) in [5.74, 6) is 1.40. The summed E-state index contributed by atoms with van der Waals surface area (Å²) in [6, 6.07) is 3.48. The van der Waals surface area contributed by atoms with Gasteiger partial charge >= 0.3 is 0 Å². The minimum Gasteiger partial charge on any atom is -0.493 e. The van der Waals surface area contributed by atoms with Crippen molar-refractivity contribution < 1.29 is 19.1 Å². The van der Waals surface area contributed by atoms with Crippen LogP contribution in [0.1, 0.15) is 12.8 Å². The van der Waals surface area contributed by atoms with Crippen LogP contribution in [0.3, 0.4) is 0 Å². The molecule has 3 N–H and O–H groups in total. The molecule has 0 saturated carbocycles. The second kappa shape index (κ2) is 5.72. The van der Waals surface area contributed by atoms with Gasteiger partial charge in [0.2, 0.25) is 17.8 Å². The van der Waals surface area contributed by atoms with Crippen LogP contribution in [-0.2, 0) is 9.59 Å². The third-order valence-corrected chi connectivity index (χ3v) is 5.09. The van der Waals surface area contributed by atoms with Crippen molar-refractivity contribution in [3.8, 4) is 11.5 Å². The molecule has 1 aromatic carbocycles. The highest BCUT2D eigenvalue weighted by molar-refractivity contribution is 6.06. The fourth-order valence-electron chi connectivity index (χ4n) is 3.67. The van der Waals surface area contributed by atoms with Gasteiger partial charge in [0.25, 0.3) is 0 Å². The van der Waals surface area contributed by atoms with Crippen molar-refractivity contribution in [1.82, 2.24) is 15.3 Å². The molecule has 0 radical (unpaired) electrons. The summed E-state index contributed by atoms with van der Waals surface area (Å²) >= 11 is 0. The van der Waals surface area contributed by atoms with Crippen molar-refractivity contribution in [2.75, 3.05) is 37.9 Å². The summed E-state index contributed by atoms with van der Waals surface area (Å²) in [6.07, 6.45) is 0.786. The number of hydrogen-bond acceptors (Lipinski definition) is 8. The Bertz CT molecular complexity index is 931. The number of benzene rings is 1. The molecule has 0 bridgehead atoms. The highest BCUT2D eigenvalue weighted by Crippen LogP contribution is 2.40. The van der Waals surface area contributed by atoms with Gasteiger partial charge in [-0.15, -0.1) is 0 Å². The average molecular weight is 357 g/mol. The fraction of sp³-hybridized carbons (Fsp3) is 0.412. The normalized spacial score (nSPS) is 22.3. The monoisotopic (exact) mass is 357 g/mol. The first-order chi connectivity index (χ1) is 12.5. The van der Waals surface area contributed by atoms with Gasteiger partial charge in [-0.1, -0.05) is 0 Å². The van der Waals surface area contributed by atoms with E-state index in [-0.39, 0.29) is 18.2 Å². The van der Waals surface area contributed by atoms with E-state index in [1.807, 2.05) is 4.90 Å². The van der Waals surface area contributed by atoms with Crippen molar-refractivity contribution in [1.29, 1.82) is 0 Å². The molecular weight excluding hydrogens is 338 g/mol. The number of fused-ring (bicyclic) bond motifs is 1. The molecule has 0 unspecified atom stereocenters. The van der Waals surface area contributed by atoms with E-state index in [0.29, 0.717) is 53.7 Å². The summed E-state index contributed by atoms with van der Waals surface area (Å²) < 4.78 is 10.6. The number of nitrogens with two attached hydrogens (primary N) is 1. The molecule has 0 aliphatic carbocycles. The van der Waals surface area contributed by atoms with Crippen LogP contribution in [0, 0.1) is 5.41 Å². The van der Waals surface area contributed by atoms with Crippen LogP contribution in [0.2, 0.25) is 0 Å². The predicted molar refractivity (Wildman–Crippen MR) is 94.1 cm³/mol. The zero-order chi connectivity index (χ0) is 18.5. The number of nitrogens with zero attached hydrogens (tertiary/aromatic N) is 3. The Kier molecular flexibility index (Phi) is 3.60. The average Bonchev–Trinajstić information content (AvgIpc) is 3.17. The van der Waals surface area contributed by atoms with Gasteiger partial charge in [0.1, 0.15) is 5.82 Å². The number of amides is 2. The number of aromatic nitrogens is 2. The molecule has 9 nitrogen and oxygen atoms in total. The highest BCUT2D eigenvalue weighted by Gasteiger charge is 2.51. The quantitative estimate of drug-likeness (QED) is 0.761. The molecule has 3 heterocycles. The first-order valence-corrected chi connectivity index (χ1v) is 8.24. The summed E-state index contributed by atoms with van der Waals surface area (Å²) in [4.78, 5) is 34.6. The lowest BCUT2D eigenvalue weighted by Gasteiger charge is -2.21. The largest absolute Gasteiger partial charge is 0.493 e. The minimum atomic E-state index is -0.693. The smallest absolute Gasteiger partial charge is 0.235 e. The maximum atomic E-state index is 12.2. The molecule has 2 fully saturated rings. The van der Waals surface area contributed by atoms with E-state index < -0.39 is 5.41 Å². The Morgan fingerprint density at radius 2 is 1.92 bits per heavy atom. The number of carbonyl (C=O) groups is 2. The second-order valence-electron chi connectivity index (χ2n) is 6.64. The third kappa shape index (κ3) is 2.39. The van der Waals surface area contributed by atoms with E-state index >= 15 is 0 Å². The summed E-state index contributed by atoms with van der Waals surface area (Å²) in [5.41, 5.74) is 6.06. The van der Waals surface area contributed by atoms with Gasteiger partial charge in [0.15, 0.2) is 11.5 Å². The van der Waals surface area contributed by atoms with Crippen molar-refractivity contribution in [3.05, 3.63) is 12.1 Å². The van der Waals surface area contributed by atoms with Crippen LogP contribution in [-0.4, -0.2) is 49.1 Å². The fourth-order valence-corrected chi connectivity index (χ4v) is 3.67. The number of rotatable bonds is 3. The molecule has 26 heavy (non-hydrogen) atoms. The Morgan fingerprint density at radius 3 is 2.58 bits per heavy atom. The number of nitrogens with one attached hydrogen (secondary N) is 1. The molecule has 1 aromatic heterocycles. The van der Waals surface area contributed by atoms with E-state index in [1.54, 1.807) is 26.4 Å². The van der Waals surface area contributed by atoms with Gasteiger partial charge in [-0.2, -0.15) is 4.98 Å². The van der Waals surface area contributed by atoms with Crippen LogP contribution in [0.15, 0.2) is 12.1 Å². The van der Waals surface area contributed by atoms with Gasteiger partial charge in [-0.05, 0) is 12.5 Å². The Morgan fingerprint density at radius 1 is 1.19 bits per heavy atom. The molecular formula is C17H19N5O4. The van der Waals surface area contributed by atoms with E-state index in [9.17, 15) is 9.59 Å². The predicted octanol–water partition coefficient (Wildman–Crippen LogP) is 0.472. The molecule has 136 valence electrons. The number of methoxy groups -OCH3 is 2. The lowest BCUT2D eigenvalue weighted by molar-refractivity contribution is -0.127. The van der Waals surface area contributed by atoms with Gasteiger partial charge in [0, 0.05) is 31.0 Å². The minimum absolute atomic E-state index is 0.205. The lowest BCUT2D eigenvalue weighted by Crippen LogP contribution is -2.35. The van der Waals surface area contributed by atoms with Crippen molar-refractivity contribution >= 4 is 34.5 Å². The Balaban J connectivity index is 1.72. The molecule has 2 saturated heterocycles. The maximum absolute atomic E-state index is 12.2. The maximum Gasteiger partial charge on any atom is 0.235 e. The Hall–Kier alpha value is -3.10. The zero-order valence-corrected chi connectivity index (χ0v) is 14.5. The summed E-state index contributed by atoms with van der Waals surface area (Å²) in [6.45, 7) is 0.974. The first-order valence-electron chi connectivity index (χ1n) is 8.24.